The molecule has 168 valence electrons. The van der Waals surface area contributed by atoms with Crippen molar-refractivity contribution in [3.63, 3.8) is 0 Å². The molecule has 0 unspecified atom stereocenters. The fraction of sp³-hybridized carbons (Fsp3) is 0.267. The number of hydrogen-bond donors (Lipinski definition) is 0. The fourth-order valence-electron chi connectivity index (χ4n) is 5.09. The van der Waals surface area contributed by atoms with E-state index < -0.39 is 11.4 Å². The topological polar surface area (TPSA) is 27.7 Å². The van der Waals surface area contributed by atoms with E-state index in [1.807, 2.05) is 38.1 Å². The van der Waals surface area contributed by atoms with E-state index in [0.717, 1.165) is 22.3 Å². The Morgan fingerprint density at radius 3 is 1.76 bits per heavy atom. The summed E-state index contributed by atoms with van der Waals surface area (Å²) < 4.78 is 19.5. The first-order chi connectivity index (χ1) is 16.0. The highest BCUT2D eigenvalue weighted by Gasteiger charge is 2.49. The van der Waals surface area contributed by atoms with Crippen molar-refractivity contribution in [2.24, 2.45) is 5.92 Å². The van der Waals surface area contributed by atoms with Crippen LogP contribution in [0.1, 0.15) is 30.5 Å². The van der Waals surface area contributed by atoms with Gasteiger partial charge in [0.05, 0.1) is 6.61 Å². The Kier molecular flexibility index (Phi) is 5.79. The zero-order chi connectivity index (χ0) is 22.9. The second-order valence-corrected chi connectivity index (χ2v) is 9.14. The van der Waals surface area contributed by atoms with E-state index in [1.165, 1.54) is 0 Å². The van der Waals surface area contributed by atoms with Crippen molar-refractivity contribution < 1.29 is 14.2 Å². The van der Waals surface area contributed by atoms with Crippen LogP contribution in [0.15, 0.2) is 115 Å². The molecule has 1 saturated heterocycles. The van der Waals surface area contributed by atoms with Crippen molar-refractivity contribution in [3.05, 3.63) is 132 Å². The van der Waals surface area contributed by atoms with Gasteiger partial charge in [-0.3, -0.25) is 0 Å². The molecule has 3 heteroatoms. The van der Waals surface area contributed by atoms with Crippen LogP contribution in [0.4, 0.5) is 0 Å². The van der Waals surface area contributed by atoms with Crippen LogP contribution in [0.2, 0.25) is 0 Å². The molecular weight excluding hydrogens is 408 g/mol. The maximum atomic E-state index is 7.00. The van der Waals surface area contributed by atoms with E-state index in [-0.39, 0.29) is 18.1 Å². The number of rotatable bonds is 7. The van der Waals surface area contributed by atoms with E-state index in [9.17, 15) is 0 Å². The highest BCUT2D eigenvalue weighted by Crippen LogP contribution is 2.45. The van der Waals surface area contributed by atoms with Crippen LogP contribution < -0.4 is 0 Å². The lowest BCUT2D eigenvalue weighted by molar-refractivity contribution is -0.147. The minimum atomic E-state index is -0.763. The van der Waals surface area contributed by atoms with Gasteiger partial charge in [0.15, 0.2) is 5.79 Å². The summed E-state index contributed by atoms with van der Waals surface area (Å²) in [4.78, 5) is 0. The van der Waals surface area contributed by atoms with Crippen molar-refractivity contribution in [1.29, 1.82) is 0 Å². The zero-order valence-corrected chi connectivity index (χ0v) is 19.2. The molecule has 3 atom stereocenters. The number of hydrogen-bond acceptors (Lipinski definition) is 3. The van der Waals surface area contributed by atoms with Gasteiger partial charge in [0.2, 0.25) is 0 Å². The molecule has 0 spiro atoms. The van der Waals surface area contributed by atoms with E-state index in [0.29, 0.717) is 6.61 Å². The van der Waals surface area contributed by atoms with Crippen LogP contribution in [-0.2, 0) is 19.8 Å². The molecule has 2 aliphatic rings. The van der Waals surface area contributed by atoms with Crippen LogP contribution in [-0.4, -0.2) is 24.6 Å². The molecule has 0 N–H and O–H groups in total. The number of fused-ring (bicyclic) bond motifs is 1. The third-order valence-corrected chi connectivity index (χ3v) is 6.55. The van der Waals surface area contributed by atoms with Gasteiger partial charge < -0.3 is 14.2 Å². The lowest BCUT2D eigenvalue weighted by Gasteiger charge is -2.36. The zero-order valence-electron chi connectivity index (χ0n) is 19.2. The molecule has 3 aromatic rings. The fourth-order valence-corrected chi connectivity index (χ4v) is 5.09. The maximum Gasteiger partial charge on any atom is 0.164 e. The summed E-state index contributed by atoms with van der Waals surface area (Å²) in [5, 5.41) is 0. The van der Waals surface area contributed by atoms with Crippen LogP contribution in [0, 0.1) is 5.92 Å². The van der Waals surface area contributed by atoms with Gasteiger partial charge >= 0.3 is 0 Å². The Bertz CT molecular complexity index is 1020. The standard InChI is InChI=1S/C30H30O3/c1-4-22-20-23(28-27(22)32-29(2,3)33-28)21-31-30(24-14-8-5-9-15-24,25-16-10-6-11-17-25)26-18-12-7-13-19-26/h4-20,22,27-28H,1,21H2,2-3H3/t22-,27+,28+/m0/s1. The predicted octanol–water partition coefficient (Wildman–Crippen LogP) is 6.26. The van der Waals surface area contributed by atoms with Crippen molar-refractivity contribution >= 4 is 0 Å². The smallest absolute Gasteiger partial charge is 0.164 e. The molecule has 1 fully saturated rings. The number of ether oxygens (including phenoxy) is 3. The second-order valence-electron chi connectivity index (χ2n) is 9.14. The SMILES string of the molecule is C=C[C@H]1C=C(COC(c2ccccc2)(c2ccccc2)c2ccccc2)[C@H]2OC(C)(C)O[C@H]12. The van der Waals surface area contributed by atoms with Crippen molar-refractivity contribution in [2.45, 2.75) is 37.4 Å². The van der Waals surface area contributed by atoms with Crippen molar-refractivity contribution in [2.75, 3.05) is 6.61 Å². The van der Waals surface area contributed by atoms with Gasteiger partial charge in [0, 0.05) is 5.92 Å². The van der Waals surface area contributed by atoms with E-state index in [4.69, 9.17) is 14.2 Å². The normalized spacial score (nSPS) is 23.7. The summed E-state index contributed by atoms with van der Waals surface area (Å²) in [5.74, 6) is -0.513. The Labute approximate surface area is 196 Å². The summed E-state index contributed by atoms with van der Waals surface area (Å²) in [7, 11) is 0. The van der Waals surface area contributed by atoms with E-state index in [1.54, 1.807) is 0 Å². The summed E-state index contributed by atoms with van der Waals surface area (Å²) in [6, 6.07) is 31.3. The molecule has 5 rings (SSSR count). The summed E-state index contributed by atoms with van der Waals surface area (Å²) >= 11 is 0. The average molecular weight is 439 g/mol. The first-order valence-electron chi connectivity index (χ1n) is 11.5. The third-order valence-electron chi connectivity index (χ3n) is 6.55. The van der Waals surface area contributed by atoms with Gasteiger partial charge in [0.25, 0.3) is 0 Å². The molecule has 0 amide bonds. The van der Waals surface area contributed by atoms with Gasteiger partial charge in [-0.05, 0) is 36.1 Å². The molecule has 1 aliphatic carbocycles. The van der Waals surface area contributed by atoms with Gasteiger partial charge in [-0.15, -0.1) is 6.58 Å². The van der Waals surface area contributed by atoms with Gasteiger partial charge in [-0.2, -0.15) is 0 Å². The largest absolute Gasteiger partial charge is 0.356 e. The highest BCUT2D eigenvalue weighted by molar-refractivity contribution is 5.47. The molecule has 0 saturated carbocycles. The minimum Gasteiger partial charge on any atom is -0.356 e. The molecule has 0 bridgehead atoms. The van der Waals surface area contributed by atoms with Crippen molar-refractivity contribution in [1.82, 2.24) is 0 Å². The van der Waals surface area contributed by atoms with Crippen LogP contribution in [0.5, 0.6) is 0 Å². The molecule has 3 aromatic carbocycles. The maximum absolute atomic E-state index is 7.00. The van der Waals surface area contributed by atoms with Crippen LogP contribution >= 0.6 is 0 Å². The van der Waals surface area contributed by atoms with Gasteiger partial charge in [-0.1, -0.05) is 103 Å². The Balaban J connectivity index is 1.58. The molecule has 0 aromatic heterocycles. The quantitative estimate of drug-likeness (QED) is 0.322. The Hall–Kier alpha value is -2.98. The van der Waals surface area contributed by atoms with Crippen molar-refractivity contribution in [3.8, 4) is 0 Å². The number of benzene rings is 3. The monoisotopic (exact) mass is 438 g/mol. The van der Waals surface area contributed by atoms with Gasteiger partial charge in [-0.25, -0.2) is 0 Å². The molecule has 0 radical (unpaired) electrons. The predicted molar refractivity (Wildman–Crippen MR) is 131 cm³/mol. The molecule has 3 nitrogen and oxygen atoms in total. The average Bonchev–Trinajstić information content (AvgIpc) is 3.34. The van der Waals surface area contributed by atoms with Crippen LogP contribution in [0.3, 0.4) is 0 Å². The molecular formula is C30H30O3. The molecule has 1 heterocycles. The minimum absolute atomic E-state index is 0.0596. The molecule has 33 heavy (non-hydrogen) atoms. The Morgan fingerprint density at radius 2 is 1.30 bits per heavy atom. The second kappa shape index (κ2) is 8.75. The van der Waals surface area contributed by atoms with Gasteiger partial charge in [0.1, 0.15) is 17.8 Å². The summed E-state index contributed by atoms with van der Waals surface area (Å²) in [6.45, 7) is 8.37. The third kappa shape index (κ3) is 3.97. The molecule has 1 aliphatic heterocycles. The summed E-state index contributed by atoms with van der Waals surface area (Å²) in [5.41, 5.74) is 3.59. The summed E-state index contributed by atoms with van der Waals surface area (Å²) in [6.07, 6.45) is 3.94. The highest BCUT2D eigenvalue weighted by atomic mass is 16.8. The first-order valence-corrected chi connectivity index (χ1v) is 11.5. The Morgan fingerprint density at radius 1 is 0.818 bits per heavy atom. The lowest BCUT2D eigenvalue weighted by Crippen LogP contribution is -2.35. The lowest BCUT2D eigenvalue weighted by atomic mass is 9.80. The first kappa shape index (κ1) is 21.8. The van der Waals surface area contributed by atoms with E-state index in [2.05, 4.69) is 85.5 Å². The van der Waals surface area contributed by atoms with E-state index >= 15 is 0 Å². The van der Waals surface area contributed by atoms with Crippen LogP contribution in [0.25, 0.3) is 0 Å².